The van der Waals surface area contributed by atoms with Gasteiger partial charge in [-0.2, -0.15) is 0 Å². The van der Waals surface area contributed by atoms with Crippen LogP contribution in [0.15, 0.2) is 66.2 Å². The molecule has 0 heterocycles. The van der Waals surface area contributed by atoms with E-state index in [2.05, 4.69) is 11.8 Å². The molecule has 0 aliphatic heterocycles. The Hall–Kier alpha value is -2.30. The minimum atomic E-state index is -0.736. The summed E-state index contributed by atoms with van der Waals surface area (Å²) in [5, 5.41) is 10.00. The summed E-state index contributed by atoms with van der Waals surface area (Å²) < 4.78 is 0. The maximum atomic E-state index is 10.00. The van der Waals surface area contributed by atoms with Crippen LogP contribution in [0, 0.1) is 11.8 Å². The Labute approximate surface area is 114 Å². The first kappa shape index (κ1) is 13.1. The predicted octanol–water partition coefficient (Wildman–Crippen LogP) is 3.50. The molecule has 1 nitrogen and oxygen atoms in total. The number of benzene rings is 2. The van der Waals surface area contributed by atoms with Crippen LogP contribution in [0.1, 0.15) is 18.1 Å². The van der Waals surface area contributed by atoms with E-state index >= 15 is 0 Å². The molecule has 0 aliphatic rings. The van der Waals surface area contributed by atoms with Gasteiger partial charge in [-0.1, -0.05) is 66.4 Å². The van der Waals surface area contributed by atoms with Gasteiger partial charge in [0.1, 0.15) is 6.10 Å². The zero-order valence-electron chi connectivity index (χ0n) is 10.9. The van der Waals surface area contributed by atoms with Crippen LogP contribution in [0.4, 0.5) is 0 Å². The molecule has 0 fully saturated rings. The average molecular weight is 248 g/mol. The lowest BCUT2D eigenvalue weighted by atomic mass is 10.1. The molecule has 1 N–H and O–H groups in total. The molecule has 0 bridgehead atoms. The first-order valence-corrected chi connectivity index (χ1v) is 6.23. The summed E-state index contributed by atoms with van der Waals surface area (Å²) in [6.07, 6.45) is 1.21. The fourth-order valence-corrected chi connectivity index (χ4v) is 1.68. The van der Waals surface area contributed by atoms with Crippen molar-refractivity contribution in [1.29, 1.82) is 0 Å². The Balaban J connectivity index is 2.10. The normalized spacial score (nSPS) is 12.4. The van der Waals surface area contributed by atoms with E-state index < -0.39 is 6.10 Å². The SMILES string of the molecule is CC(=Cc1ccccc1)C(O)C#Cc1ccccc1. The van der Waals surface area contributed by atoms with Crippen molar-refractivity contribution < 1.29 is 5.11 Å². The standard InChI is InChI=1S/C18H16O/c1-15(14-17-10-6-3-7-11-17)18(19)13-12-16-8-4-2-5-9-16/h2-11,14,18-19H,1H3. The van der Waals surface area contributed by atoms with Crippen molar-refractivity contribution >= 4 is 6.08 Å². The second-order valence-electron chi connectivity index (χ2n) is 4.34. The van der Waals surface area contributed by atoms with Gasteiger partial charge in [0.2, 0.25) is 0 Å². The third kappa shape index (κ3) is 4.13. The largest absolute Gasteiger partial charge is 0.376 e. The fourth-order valence-electron chi connectivity index (χ4n) is 1.68. The molecule has 0 saturated heterocycles. The third-order valence-corrected chi connectivity index (χ3v) is 2.75. The van der Waals surface area contributed by atoms with Crippen molar-refractivity contribution in [2.45, 2.75) is 13.0 Å². The third-order valence-electron chi connectivity index (χ3n) is 2.75. The van der Waals surface area contributed by atoms with E-state index in [1.807, 2.05) is 73.7 Å². The summed E-state index contributed by atoms with van der Waals surface area (Å²) in [6.45, 7) is 1.89. The van der Waals surface area contributed by atoms with Crippen molar-refractivity contribution in [3.8, 4) is 11.8 Å². The zero-order chi connectivity index (χ0) is 13.5. The summed E-state index contributed by atoms with van der Waals surface area (Å²) in [4.78, 5) is 0. The van der Waals surface area contributed by atoms with Gasteiger partial charge in [0.15, 0.2) is 0 Å². The van der Waals surface area contributed by atoms with Gasteiger partial charge in [0.05, 0.1) is 0 Å². The van der Waals surface area contributed by atoms with Crippen molar-refractivity contribution in [1.82, 2.24) is 0 Å². The van der Waals surface area contributed by atoms with Crippen molar-refractivity contribution in [2.75, 3.05) is 0 Å². The topological polar surface area (TPSA) is 20.2 Å². The molecule has 0 spiro atoms. The summed E-state index contributed by atoms with van der Waals surface area (Å²) >= 11 is 0. The summed E-state index contributed by atoms with van der Waals surface area (Å²) in [5.41, 5.74) is 2.82. The molecule has 2 aromatic rings. The average Bonchev–Trinajstić information content (AvgIpc) is 2.47. The minimum absolute atomic E-state index is 0.736. The molecule has 2 aromatic carbocycles. The van der Waals surface area contributed by atoms with E-state index in [9.17, 15) is 5.11 Å². The number of hydrogen-bond acceptors (Lipinski definition) is 1. The Kier molecular flexibility index (Phi) is 4.55. The van der Waals surface area contributed by atoms with Crippen LogP contribution in [0.3, 0.4) is 0 Å². The lowest BCUT2D eigenvalue weighted by Crippen LogP contribution is -2.04. The molecule has 94 valence electrons. The van der Waals surface area contributed by atoms with Gasteiger partial charge in [-0.15, -0.1) is 0 Å². The molecule has 0 radical (unpaired) electrons. The molecule has 19 heavy (non-hydrogen) atoms. The second-order valence-corrected chi connectivity index (χ2v) is 4.34. The molecule has 2 rings (SSSR count). The fraction of sp³-hybridized carbons (Fsp3) is 0.111. The molecule has 0 amide bonds. The van der Waals surface area contributed by atoms with Gasteiger partial charge < -0.3 is 5.11 Å². The molecule has 0 aromatic heterocycles. The van der Waals surface area contributed by atoms with Gasteiger partial charge in [-0.3, -0.25) is 0 Å². The van der Waals surface area contributed by atoms with Gasteiger partial charge in [-0.05, 0) is 30.2 Å². The Morgan fingerprint density at radius 2 is 1.58 bits per heavy atom. The molecule has 0 aliphatic carbocycles. The first-order valence-electron chi connectivity index (χ1n) is 6.23. The van der Waals surface area contributed by atoms with Crippen LogP contribution in [-0.2, 0) is 0 Å². The first-order chi connectivity index (χ1) is 9.25. The van der Waals surface area contributed by atoms with Gasteiger partial charge >= 0.3 is 0 Å². The van der Waals surface area contributed by atoms with Crippen molar-refractivity contribution in [2.24, 2.45) is 0 Å². The summed E-state index contributed by atoms with van der Waals surface area (Å²) in [6, 6.07) is 19.6. The van der Waals surface area contributed by atoms with Gasteiger partial charge in [0.25, 0.3) is 0 Å². The van der Waals surface area contributed by atoms with Crippen molar-refractivity contribution in [3.63, 3.8) is 0 Å². The predicted molar refractivity (Wildman–Crippen MR) is 79.4 cm³/mol. The van der Waals surface area contributed by atoms with Gasteiger partial charge in [0, 0.05) is 5.56 Å². The van der Waals surface area contributed by atoms with E-state index in [0.29, 0.717) is 0 Å². The minimum Gasteiger partial charge on any atom is -0.376 e. The van der Waals surface area contributed by atoms with Crippen LogP contribution in [-0.4, -0.2) is 11.2 Å². The number of hydrogen-bond donors (Lipinski definition) is 1. The molecule has 1 heteroatoms. The molecular weight excluding hydrogens is 232 g/mol. The highest BCUT2D eigenvalue weighted by Crippen LogP contribution is 2.09. The highest BCUT2D eigenvalue weighted by molar-refractivity contribution is 5.54. The van der Waals surface area contributed by atoms with E-state index in [1.165, 1.54) is 0 Å². The quantitative estimate of drug-likeness (QED) is 0.806. The summed E-state index contributed by atoms with van der Waals surface area (Å²) in [5.74, 6) is 5.83. The van der Waals surface area contributed by atoms with Crippen molar-refractivity contribution in [3.05, 3.63) is 77.4 Å². The molecule has 1 atom stereocenters. The van der Waals surface area contributed by atoms with E-state index in [4.69, 9.17) is 0 Å². The molecular formula is C18H16O. The number of rotatable bonds is 2. The van der Waals surface area contributed by atoms with Gasteiger partial charge in [-0.25, -0.2) is 0 Å². The van der Waals surface area contributed by atoms with E-state index in [1.54, 1.807) is 0 Å². The lowest BCUT2D eigenvalue weighted by Gasteiger charge is -2.03. The van der Waals surface area contributed by atoms with Crippen LogP contribution in [0.5, 0.6) is 0 Å². The second kappa shape index (κ2) is 6.58. The van der Waals surface area contributed by atoms with Crippen LogP contribution in [0.2, 0.25) is 0 Å². The Bertz CT molecular complexity index is 600. The number of aliphatic hydroxyl groups is 1. The van der Waals surface area contributed by atoms with Crippen LogP contribution < -0.4 is 0 Å². The monoisotopic (exact) mass is 248 g/mol. The number of aliphatic hydroxyl groups excluding tert-OH is 1. The molecule has 1 unspecified atom stereocenters. The smallest absolute Gasteiger partial charge is 0.136 e. The van der Waals surface area contributed by atoms with Crippen LogP contribution in [0.25, 0.3) is 6.08 Å². The maximum Gasteiger partial charge on any atom is 0.136 e. The lowest BCUT2D eigenvalue weighted by molar-refractivity contribution is 0.269. The highest BCUT2D eigenvalue weighted by atomic mass is 16.3. The van der Waals surface area contributed by atoms with Crippen LogP contribution >= 0.6 is 0 Å². The zero-order valence-corrected chi connectivity index (χ0v) is 10.9. The van der Waals surface area contributed by atoms with E-state index in [-0.39, 0.29) is 0 Å². The maximum absolute atomic E-state index is 10.00. The Morgan fingerprint density at radius 1 is 1.00 bits per heavy atom. The van der Waals surface area contributed by atoms with E-state index in [0.717, 1.165) is 16.7 Å². The highest BCUT2D eigenvalue weighted by Gasteiger charge is 2.01. The Morgan fingerprint density at radius 3 is 2.21 bits per heavy atom. The summed E-state index contributed by atoms with van der Waals surface area (Å²) in [7, 11) is 0. The molecule has 0 saturated carbocycles.